The van der Waals surface area contributed by atoms with Crippen LogP contribution in [0, 0.1) is 5.82 Å². The molecule has 0 unspecified atom stereocenters. The Balaban J connectivity index is 1.46. The Morgan fingerprint density at radius 3 is 2.46 bits per heavy atom. The second kappa shape index (κ2) is 8.62. The van der Waals surface area contributed by atoms with Crippen LogP contribution < -0.4 is 15.4 Å². The average Bonchev–Trinajstić information content (AvgIpc) is 2.68. The normalized spacial score (nSPS) is 10.2. The number of anilines is 2. The van der Waals surface area contributed by atoms with Gasteiger partial charge in [0, 0.05) is 6.54 Å². The van der Waals surface area contributed by atoms with Gasteiger partial charge in [0.15, 0.2) is 6.61 Å². The van der Waals surface area contributed by atoms with Crippen molar-refractivity contribution in [3.05, 3.63) is 84.3 Å². The lowest BCUT2D eigenvalue weighted by atomic mass is 10.2. The molecule has 0 aliphatic carbocycles. The van der Waals surface area contributed by atoms with Crippen molar-refractivity contribution in [2.24, 2.45) is 0 Å². The van der Waals surface area contributed by atoms with E-state index >= 15 is 0 Å². The van der Waals surface area contributed by atoms with Crippen LogP contribution in [0.2, 0.25) is 0 Å². The highest BCUT2D eigenvalue weighted by Gasteiger charge is 2.05. The Morgan fingerprint density at radius 2 is 1.77 bits per heavy atom. The van der Waals surface area contributed by atoms with Gasteiger partial charge in [0.05, 0.1) is 11.9 Å². The van der Waals surface area contributed by atoms with Gasteiger partial charge in [0.2, 0.25) is 0 Å². The number of ether oxygens (including phenoxy) is 1. The summed E-state index contributed by atoms with van der Waals surface area (Å²) in [7, 11) is 0. The van der Waals surface area contributed by atoms with Crippen molar-refractivity contribution in [2.75, 3.05) is 17.2 Å². The molecule has 132 valence electrons. The monoisotopic (exact) mass is 351 g/mol. The van der Waals surface area contributed by atoms with Gasteiger partial charge in [-0.05, 0) is 42.0 Å². The van der Waals surface area contributed by atoms with Gasteiger partial charge in [-0.25, -0.2) is 9.37 Å². The number of hydrogen-bond acceptors (Lipinski definition) is 4. The van der Waals surface area contributed by atoms with E-state index in [-0.39, 0.29) is 18.3 Å². The summed E-state index contributed by atoms with van der Waals surface area (Å²) in [6, 6.07) is 18.9. The van der Waals surface area contributed by atoms with Crippen LogP contribution in [0.1, 0.15) is 5.56 Å². The summed E-state index contributed by atoms with van der Waals surface area (Å²) in [5.41, 5.74) is 1.76. The number of aromatic nitrogens is 1. The van der Waals surface area contributed by atoms with Crippen LogP contribution >= 0.6 is 0 Å². The Kier molecular flexibility index (Phi) is 5.77. The first kappa shape index (κ1) is 17.4. The van der Waals surface area contributed by atoms with Crippen molar-refractivity contribution < 1.29 is 13.9 Å². The molecule has 0 aliphatic rings. The van der Waals surface area contributed by atoms with E-state index in [0.29, 0.717) is 18.1 Å². The molecule has 0 bridgehead atoms. The molecule has 1 aromatic heterocycles. The molecule has 2 N–H and O–H groups in total. The lowest BCUT2D eigenvalue weighted by molar-refractivity contribution is -0.118. The predicted octanol–water partition coefficient (Wildman–Crippen LogP) is 3.85. The van der Waals surface area contributed by atoms with Gasteiger partial charge >= 0.3 is 0 Å². The maximum Gasteiger partial charge on any atom is 0.263 e. The van der Waals surface area contributed by atoms with E-state index in [1.54, 1.807) is 36.5 Å². The molecule has 0 saturated heterocycles. The molecular weight excluding hydrogens is 333 g/mol. The number of pyridine rings is 1. The Labute approximate surface area is 150 Å². The lowest BCUT2D eigenvalue weighted by Gasteiger charge is -2.09. The molecule has 3 rings (SSSR count). The van der Waals surface area contributed by atoms with Gasteiger partial charge in [-0.2, -0.15) is 0 Å². The second-order valence-electron chi connectivity index (χ2n) is 5.56. The molecule has 6 heteroatoms. The van der Waals surface area contributed by atoms with Gasteiger partial charge in [-0.15, -0.1) is 0 Å². The number of hydrogen-bond donors (Lipinski definition) is 2. The van der Waals surface area contributed by atoms with Crippen molar-refractivity contribution in [3.63, 3.8) is 0 Å². The zero-order valence-corrected chi connectivity index (χ0v) is 14.0. The second-order valence-corrected chi connectivity index (χ2v) is 5.56. The van der Waals surface area contributed by atoms with Crippen molar-refractivity contribution >= 4 is 17.4 Å². The molecule has 0 spiro atoms. The Morgan fingerprint density at radius 1 is 1.00 bits per heavy atom. The van der Waals surface area contributed by atoms with E-state index in [2.05, 4.69) is 15.6 Å². The molecule has 26 heavy (non-hydrogen) atoms. The minimum Gasteiger partial charge on any atom is -0.484 e. The standard InChI is InChI=1S/C20H18FN3O2/c21-16-8-6-15(7-9-16)12-22-17-10-11-19(23-13-17)24-20(25)14-26-18-4-2-1-3-5-18/h1-11,13,22H,12,14H2,(H,23,24,25). The smallest absolute Gasteiger partial charge is 0.263 e. The topological polar surface area (TPSA) is 63.2 Å². The fourth-order valence-electron chi connectivity index (χ4n) is 2.22. The predicted molar refractivity (Wildman–Crippen MR) is 98.5 cm³/mol. The largest absolute Gasteiger partial charge is 0.484 e. The van der Waals surface area contributed by atoms with Crippen LogP contribution in [0.4, 0.5) is 15.9 Å². The highest BCUT2D eigenvalue weighted by Crippen LogP contribution is 2.12. The maximum absolute atomic E-state index is 12.9. The molecule has 2 aromatic carbocycles. The molecule has 5 nitrogen and oxygen atoms in total. The molecule has 1 heterocycles. The third-order valence-corrected chi connectivity index (χ3v) is 3.55. The third-order valence-electron chi connectivity index (χ3n) is 3.55. The van der Waals surface area contributed by atoms with Crippen LogP contribution in [0.15, 0.2) is 72.9 Å². The van der Waals surface area contributed by atoms with Crippen molar-refractivity contribution in [3.8, 4) is 5.75 Å². The SMILES string of the molecule is O=C(COc1ccccc1)Nc1ccc(NCc2ccc(F)cc2)cn1. The summed E-state index contributed by atoms with van der Waals surface area (Å²) in [6.07, 6.45) is 1.62. The zero-order valence-electron chi connectivity index (χ0n) is 14.0. The summed E-state index contributed by atoms with van der Waals surface area (Å²) < 4.78 is 18.3. The van der Waals surface area contributed by atoms with Gasteiger partial charge in [0.1, 0.15) is 17.4 Å². The minimum absolute atomic E-state index is 0.0870. The maximum atomic E-state index is 12.9. The van der Waals surface area contributed by atoms with Crippen molar-refractivity contribution in [1.82, 2.24) is 4.98 Å². The Bertz CT molecular complexity index is 837. The average molecular weight is 351 g/mol. The summed E-state index contributed by atoms with van der Waals surface area (Å²) in [5, 5.41) is 5.86. The van der Waals surface area contributed by atoms with Crippen molar-refractivity contribution in [1.29, 1.82) is 0 Å². The van der Waals surface area contributed by atoms with Gasteiger partial charge in [0.25, 0.3) is 5.91 Å². The number of benzene rings is 2. The van der Waals surface area contributed by atoms with Crippen LogP contribution in [-0.2, 0) is 11.3 Å². The third kappa shape index (κ3) is 5.31. The molecule has 0 radical (unpaired) electrons. The number of carbonyl (C=O) groups is 1. The number of rotatable bonds is 7. The lowest BCUT2D eigenvalue weighted by Crippen LogP contribution is -2.20. The van der Waals surface area contributed by atoms with Crippen LogP contribution in [0.3, 0.4) is 0 Å². The first-order valence-corrected chi connectivity index (χ1v) is 8.11. The zero-order chi connectivity index (χ0) is 18.2. The van der Waals surface area contributed by atoms with Gasteiger partial charge < -0.3 is 15.4 Å². The first-order chi connectivity index (χ1) is 12.7. The molecule has 0 aliphatic heterocycles. The van der Waals surface area contributed by atoms with Crippen LogP contribution in [0.5, 0.6) is 5.75 Å². The van der Waals surface area contributed by atoms with E-state index in [1.165, 1.54) is 12.1 Å². The van der Waals surface area contributed by atoms with Crippen LogP contribution in [-0.4, -0.2) is 17.5 Å². The number of carbonyl (C=O) groups excluding carboxylic acids is 1. The minimum atomic E-state index is -0.284. The number of para-hydroxylation sites is 1. The highest BCUT2D eigenvalue weighted by molar-refractivity contribution is 5.91. The quantitative estimate of drug-likeness (QED) is 0.679. The van der Waals surface area contributed by atoms with Crippen LogP contribution in [0.25, 0.3) is 0 Å². The number of amides is 1. The number of halogens is 1. The molecule has 1 amide bonds. The van der Waals surface area contributed by atoms with Crippen molar-refractivity contribution in [2.45, 2.75) is 6.54 Å². The molecule has 0 fully saturated rings. The summed E-state index contributed by atoms with van der Waals surface area (Å²) in [4.78, 5) is 16.1. The molecule has 3 aromatic rings. The molecular formula is C20H18FN3O2. The summed E-state index contributed by atoms with van der Waals surface area (Å²) in [5.74, 6) is 0.537. The van der Waals surface area contributed by atoms with Gasteiger partial charge in [-0.3, -0.25) is 4.79 Å². The molecule has 0 atom stereocenters. The number of nitrogens with zero attached hydrogens (tertiary/aromatic N) is 1. The van der Waals surface area contributed by atoms with Gasteiger partial charge in [-0.1, -0.05) is 30.3 Å². The van der Waals surface area contributed by atoms with E-state index in [0.717, 1.165) is 11.3 Å². The number of nitrogens with one attached hydrogen (secondary N) is 2. The highest BCUT2D eigenvalue weighted by atomic mass is 19.1. The van der Waals surface area contributed by atoms with E-state index in [4.69, 9.17) is 4.74 Å². The summed E-state index contributed by atoms with van der Waals surface area (Å²) in [6.45, 7) is 0.467. The Hall–Kier alpha value is -3.41. The molecule has 0 saturated carbocycles. The first-order valence-electron chi connectivity index (χ1n) is 8.11. The van der Waals surface area contributed by atoms with E-state index in [9.17, 15) is 9.18 Å². The fourth-order valence-corrected chi connectivity index (χ4v) is 2.22. The fraction of sp³-hybridized carbons (Fsp3) is 0.100. The van der Waals surface area contributed by atoms with E-state index < -0.39 is 0 Å². The summed E-state index contributed by atoms with van der Waals surface area (Å²) >= 11 is 0. The van der Waals surface area contributed by atoms with E-state index in [1.807, 2.05) is 24.3 Å².